The van der Waals surface area contributed by atoms with Crippen LogP contribution in [0.5, 0.6) is 0 Å². The van der Waals surface area contributed by atoms with Gasteiger partial charge in [0, 0.05) is 13.2 Å². The molecule has 0 aromatic heterocycles. The lowest BCUT2D eigenvalue weighted by molar-refractivity contribution is 0.272. The maximum atomic E-state index is 8.77. The normalized spacial score (nSPS) is 20.4. The van der Waals surface area contributed by atoms with E-state index in [-0.39, 0.29) is 0 Å². The Labute approximate surface area is 111 Å². The van der Waals surface area contributed by atoms with Crippen LogP contribution in [-0.4, -0.2) is 36.2 Å². The first-order valence-corrected chi connectivity index (χ1v) is 7.20. The molecule has 18 heavy (non-hydrogen) atoms. The molecule has 1 N–H and O–H groups in total. The molecule has 0 amide bonds. The number of aliphatic hydroxyl groups excluding tert-OH is 1. The van der Waals surface area contributed by atoms with E-state index >= 15 is 0 Å². The van der Waals surface area contributed by atoms with Gasteiger partial charge in [-0.15, -0.1) is 0 Å². The van der Waals surface area contributed by atoms with Crippen molar-refractivity contribution in [1.29, 1.82) is 0 Å². The van der Waals surface area contributed by atoms with Crippen LogP contribution in [0.3, 0.4) is 0 Å². The fourth-order valence-corrected chi connectivity index (χ4v) is 2.96. The van der Waals surface area contributed by atoms with Gasteiger partial charge in [-0.2, -0.15) is 0 Å². The zero-order valence-corrected chi connectivity index (χ0v) is 11.4. The Morgan fingerprint density at radius 2 is 2.06 bits per heavy atom. The zero-order chi connectivity index (χ0) is 12.8. The molecular weight excluding hydrogens is 222 g/mol. The van der Waals surface area contributed by atoms with Crippen molar-refractivity contribution >= 4 is 0 Å². The van der Waals surface area contributed by atoms with E-state index in [1.165, 1.54) is 43.6 Å². The van der Waals surface area contributed by atoms with Crippen molar-refractivity contribution in [2.45, 2.75) is 38.5 Å². The number of unbranched alkanes of at least 4 members (excludes halogenated alkanes) is 2. The van der Waals surface area contributed by atoms with E-state index < -0.39 is 0 Å². The van der Waals surface area contributed by atoms with E-state index in [1.54, 1.807) is 0 Å². The minimum absolute atomic E-state index is 0.339. The second kappa shape index (κ2) is 6.91. The van der Waals surface area contributed by atoms with Gasteiger partial charge in [0.2, 0.25) is 0 Å². The predicted octanol–water partition coefficient (Wildman–Crippen LogP) is 2.95. The number of rotatable bonds is 6. The third-order valence-electron chi connectivity index (χ3n) is 4.03. The van der Waals surface area contributed by atoms with Gasteiger partial charge in [0.25, 0.3) is 0 Å². The van der Waals surface area contributed by atoms with Crippen LogP contribution in [0.4, 0.5) is 0 Å². The van der Waals surface area contributed by atoms with Crippen molar-refractivity contribution in [1.82, 2.24) is 4.90 Å². The maximum Gasteiger partial charge on any atom is 0.0431 e. The summed E-state index contributed by atoms with van der Waals surface area (Å²) >= 11 is 0. The highest BCUT2D eigenvalue weighted by atomic mass is 16.2. The van der Waals surface area contributed by atoms with Gasteiger partial charge < -0.3 is 10.0 Å². The molecule has 2 nitrogen and oxygen atoms in total. The molecule has 0 aliphatic carbocycles. The van der Waals surface area contributed by atoms with Crippen LogP contribution >= 0.6 is 0 Å². The van der Waals surface area contributed by atoms with Gasteiger partial charge >= 0.3 is 0 Å². The summed E-state index contributed by atoms with van der Waals surface area (Å²) in [7, 11) is 0. The molecule has 1 aliphatic heterocycles. The third-order valence-corrected chi connectivity index (χ3v) is 4.03. The Hall–Kier alpha value is -0.860. The summed E-state index contributed by atoms with van der Waals surface area (Å²) in [5, 5.41) is 8.77. The van der Waals surface area contributed by atoms with Crippen LogP contribution in [0.25, 0.3) is 0 Å². The molecule has 100 valence electrons. The first-order valence-electron chi connectivity index (χ1n) is 7.20. The fourth-order valence-electron chi connectivity index (χ4n) is 2.96. The van der Waals surface area contributed by atoms with E-state index in [0.717, 1.165) is 18.8 Å². The van der Waals surface area contributed by atoms with Crippen LogP contribution in [0.2, 0.25) is 0 Å². The number of likely N-dealkylation sites (tertiary alicyclic amines) is 1. The highest BCUT2D eigenvalue weighted by Gasteiger charge is 2.23. The lowest BCUT2D eigenvalue weighted by Crippen LogP contribution is -2.21. The lowest BCUT2D eigenvalue weighted by atomic mass is 9.94. The highest BCUT2D eigenvalue weighted by molar-refractivity contribution is 5.30. The molecule has 1 fully saturated rings. The minimum Gasteiger partial charge on any atom is -0.396 e. The molecule has 0 saturated carbocycles. The van der Waals surface area contributed by atoms with E-state index in [9.17, 15) is 0 Å². The van der Waals surface area contributed by atoms with Gasteiger partial charge in [-0.3, -0.25) is 0 Å². The third kappa shape index (κ3) is 3.56. The number of hydrogen-bond acceptors (Lipinski definition) is 2. The minimum atomic E-state index is 0.339. The van der Waals surface area contributed by atoms with Crippen molar-refractivity contribution in [2.24, 2.45) is 0 Å². The van der Waals surface area contributed by atoms with Gasteiger partial charge in [-0.25, -0.2) is 0 Å². The maximum absolute atomic E-state index is 8.77. The van der Waals surface area contributed by atoms with Gasteiger partial charge in [0.15, 0.2) is 0 Å². The molecule has 0 radical (unpaired) electrons. The topological polar surface area (TPSA) is 23.5 Å². The molecule has 2 heteroatoms. The Morgan fingerprint density at radius 3 is 2.83 bits per heavy atom. The molecule has 0 bridgehead atoms. The molecule has 1 aromatic rings. The molecule has 2 rings (SSSR count). The lowest BCUT2D eigenvalue weighted by Gasteiger charge is -2.17. The first kappa shape index (κ1) is 13.6. The zero-order valence-electron chi connectivity index (χ0n) is 11.4. The SMILES string of the molecule is Cc1ccccc1C1CCN(CCCCCO)C1. The monoisotopic (exact) mass is 247 g/mol. The Kier molecular flexibility index (Phi) is 5.21. The average molecular weight is 247 g/mol. The summed E-state index contributed by atoms with van der Waals surface area (Å²) < 4.78 is 0. The molecule has 1 atom stereocenters. The quantitative estimate of drug-likeness (QED) is 0.781. The molecular formula is C16H25NO. The van der Waals surface area contributed by atoms with Gasteiger partial charge in [-0.1, -0.05) is 24.3 Å². The Balaban J connectivity index is 1.80. The van der Waals surface area contributed by atoms with Crippen molar-refractivity contribution in [3.8, 4) is 0 Å². The summed E-state index contributed by atoms with van der Waals surface area (Å²) in [5.41, 5.74) is 2.97. The number of nitrogens with zero attached hydrogens (tertiary/aromatic N) is 1. The standard InChI is InChI=1S/C16H25NO/c1-14-7-3-4-8-16(14)15-9-11-17(13-15)10-5-2-6-12-18/h3-4,7-8,15,18H,2,5-6,9-13H2,1H3. The summed E-state index contributed by atoms with van der Waals surface area (Å²) in [6, 6.07) is 8.79. The molecule has 1 unspecified atom stereocenters. The van der Waals surface area contributed by atoms with Crippen LogP contribution in [0.15, 0.2) is 24.3 Å². The van der Waals surface area contributed by atoms with Crippen LogP contribution in [0, 0.1) is 6.92 Å². The van der Waals surface area contributed by atoms with Crippen molar-refractivity contribution in [2.75, 3.05) is 26.2 Å². The molecule has 1 aromatic carbocycles. The Bertz CT molecular complexity index is 364. The first-order chi connectivity index (χ1) is 8.81. The van der Waals surface area contributed by atoms with Gasteiger partial charge in [-0.05, 0) is 62.7 Å². The molecule has 0 spiro atoms. The van der Waals surface area contributed by atoms with Gasteiger partial charge in [0.1, 0.15) is 0 Å². The van der Waals surface area contributed by atoms with E-state index in [2.05, 4.69) is 36.1 Å². The molecule has 1 heterocycles. The number of benzene rings is 1. The van der Waals surface area contributed by atoms with Crippen molar-refractivity contribution < 1.29 is 5.11 Å². The van der Waals surface area contributed by atoms with Crippen molar-refractivity contribution in [3.05, 3.63) is 35.4 Å². The van der Waals surface area contributed by atoms with E-state index in [4.69, 9.17) is 5.11 Å². The average Bonchev–Trinajstić information content (AvgIpc) is 2.84. The van der Waals surface area contributed by atoms with E-state index in [0.29, 0.717) is 6.61 Å². The summed E-state index contributed by atoms with van der Waals surface area (Å²) in [4.78, 5) is 2.58. The molecule has 1 saturated heterocycles. The molecule has 1 aliphatic rings. The summed E-state index contributed by atoms with van der Waals surface area (Å²) in [6.07, 6.45) is 4.63. The number of aryl methyl sites for hydroxylation is 1. The van der Waals surface area contributed by atoms with E-state index in [1.807, 2.05) is 0 Å². The van der Waals surface area contributed by atoms with Crippen LogP contribution in [0.1, 0.15) is 42.7 Å². The van der Waals surface area contributed by atoms with Gasteiger partial charge in [0.05, 0.1) is 0 Å². The second-order valence-electron chi connectivity index (χ2n) is 5.43. The fraction of sp³-hybridized carbons (Fsp3) is 0.625. The second-order valence-corrected chi connectivity index (χ2v) is 5.43. The predicted molar refractivity (Wildman–Crippen MR) is 75.9 cm³/mol. The largest absolute Gasteiger partial charge is 0.396 e. The smallest absolute Gasteiger partial charge is 0.0431 e. The summed E-state index contributed by atoms with van der Waals surface area (Å²) in [5.74, 6) is 0.726. The van der Waals surface area contributed by atoms with Crippen molar-refractivity contribution in [3.63, 3.8) is 0 Å². The summed E-state index contributed by atoms with van der Waals surface area (Å²) in [6.45, 7) is 6.20. The van der Waals surface area contributed by atoms with Crippen LogP contribution in [-0.2, 0) is 0 Å². The number of aliphatic hydroxyl groups is 1. The number of hydrogen-bond donors (Lipinski definition) is 1. The Morgan fingerprint density at radius 1 is 1.22 bits per heavy atom. The van der Waals surface area contributed by atoms with Crippen LogP contribution < -0.4 is 0 Å². The highest BCUT2D eigenvalue weighted by Crippen LogP contribution is 2.29.